The average molecular weight is 484 g/mol. The van der Waals surface area contributed by atoms with Gasteiger partial charge in [-0.05, 0) is 62.8 Å². The van der Waals surface area contributed by atoms with Gasteiger partial charge in [-0.1, -0.05) is 24.2 Å². The summed E-state index contributed by atoms with van der Waals surface area (Å²) < 4.78 is 40.5. The minimum absolute atomic E-state index is 0.0611. The van der Waals surface area contributed by atoms with Gasteiger partial charge in [0.15, 0.2) is 5.76 Å². The topological polar surface area (TPSA) is 57.9 Å². The van der Waals surface area contributed by atoms with E-state index >= 15 is 0 Å². The lowest BCUT2D eigenvalue weighted by molar-refractivity contribution is 0.0157. The van der Waals surface area contributed by atoms with E-state index < -0.39 is 17.7 Å². The van der Waals surface area contributed by atoms with Crippen LogP contribution in [0.1, 0.15) is 49.8 Å². The zero-order valence-corrected chi connectivity index (χ0v) is 20.2. The Balaban J connectivity index is 1.41. The molecule has 0 fully saturated rings. The summed E-state index contributed by atoms with van der Waals surface area (Å²) in [6.07, 6.45) is 12.5. The van der Waals surface area contributed by atoms with Crippen LogP contribution in [-0.2, 0) is 20.9 Å². The van der Waals surface area contributed by atoms with Gasteiger partial charge in [-0.2, -0.15) is 0 Å². The molecule has 0 saturated heterocycles. The number of hydrogen-bond donors (Lipinski definition) is 0. The molecule has 2 heterocycles. The first-order chi connectivity index (χ1) is 16.9. The molecule has 1 aliphatic heterocycles. The summed E-state index contributed by atoms with van der Waals surface area (Å²) in [6, 6.07) is 3.37. The maximum atomic E-state index is 13.5. The highest BCUT2D eigenvalue weighted by molar-refractivity contribution is 5.88. The standard InChI is InChI=1S/C27H31F2N3O3/c1-18-15-32(17-30-18)25-10-8-21(9-11-27(25)33-3)24-6-4-5-7-26(19(2)35-31-24)34-16-20-12-22(28)14-23(29)13-20/h9,11-15,17,21,26H,2,4-8,10,16H2,1,3H3/b31-24+. The van der Waals surface area contributed by atoms with Crippen LogP contribution in [0, 0.1) is 24.5 Å². The largest absolute Gasteiger partial charge is 0.495 e. The van der Waals surface area contributed by atoms with E-state index in [4.69, 9.17) is 14.3 Å². The third-order valence-corrected chi connectivity index (χ3v) is 6.29. The SMILES string of the molecule is C=C1O/N=C(/C2C=CC(OC)=C(n3cnc(C)c3)CC2)CCCCC1OCc1cc(F)cc(F)c1. The van der Waals surface area contributed by atoms with Crippen molar-refractivity contribution in [2.45, 2.75) is 58.2 Å². The van der Waals surface area contributed by atoms with E-state index in [1.54, 1.807) is 13.4 Å². The number of aromatic nitrogens is 2. The molecule has 2 unspecified atom stereocenters. The Morgan fingerprint density at radius 2 is 1.94 bits per heavy atom. The number of benzene rings is 1. The molecule has 1 aliphatic carbocycles. The molecule has 2 aromatic rings. The van der Waals surface area contributed by atoms with E-state index in [-0.39, 0.29) is 12.5 Å². The number of oxime groups is 1. The maximum Gasteiger partial charge on any atom is 0.156 e. The van der Waals surface area contributed by atoms with Gasteiger partial charge in [0.25, 0.3) is 0 Å². The van der Waals surface area contributed by atoms with Crippen molar-refractivity contribution >= 4 is 11.4 Å². The smallest absolute Gasteiger partial charge is 0.156 e. The van der Waals surface area contributed by atoms with Crippen LogP contribution in [0.3, 0.4) is 0 Å². The van der Waals surface area contributed by atoms with Gasteiger partial charge in [-0.15, -0.1) is 0 Å². The van der Waals surface area contributed by atoms with Gasteiger partial charge >= 0.3 is 0 Å². The number of halogens is 2. The molecular formula is C27H31F2N3O3. The minimum Gasteiger partial charge on any atom is -0.495 e. The Hall–Kier alpha value is -3.26. The van der Waals surface area contributed by atoms with E-state index in [0.29, 0.717) is 17.7 Å². The summed E-state index contributed by atoms with van der Waals surface area (Å²) in [5, 5.41) is 4.46. The van der Waals surface area contributed by atoms with Crippen molar-refractivity contribution in [3.05, 3.63) is 83.9 Å². The summed E-state index contributed by atoms with van der Waals surface area (Å²) in [5.41, 5.74) is 3.38. The Bertz CT molecular complexity index is 1130. The predicted molar refractivity (Wildman–Crippen MR) is 130 cm³/mol. The molecule has 0 saturated carbocycles. The van der Waals surface area contributed by atoms with Crippen LogP contribution < -0.4 is 0 Å². The Morgan fingerprint density at radius 1 is 1.14 bits per heavy atom. The van der Waals surface area contributed by atoms with Crippen LogP contribution in [0.2, 0.25) is 0 Å². The maximum absolute atomic E-state index is 13.5. The first kappa shape index (κ1) is 24.9. The van der Waals surface area contributed by atoms with Gasteiger partial charge in [0.1, 0.15) is 23.5 Å². The molecule has 2 aliphatic rings. The van der Waals surface area contributed by atoms with Crippen molar-refractivity contribution in [1.29, 1.82) is 0 Å². The number of nitrogens with zero attached hydrogens (tertiary/aromatic N) is 3. The molecule has 0 amide bonds. The molecule has 186 valence electrons. The van der Waals surface area contributed by atoms with Crippen molar-refractivity contribution in [1.82, 2.24) is 9.55 Å². The van der Waals surface area contributed by atoms with Gasteiger partial charge in [-0.3, -0.25) is 0 Å². The zero-order chi connectivity index (χ0) is 24.8. The summed E-state index contributed by atoms with van der Waals surface area (Å²) in [7, 11) is 1.67. The Morgan fingerprint density at radius 3 is 2.66 bits per heavy atom. The van der Waals surface area contributed by atoms with E-state index in [2.05, 4.69) is 22.8 Å². The zero-order valence-electron chi connectivity index (χ0n) is 20.2. The highest BCUT2D eigenvalue weighted by atomic mass is 19.1. The fraction of sp³-hybridized carbons (Fsp3) is 0.407. The second-order valence-electron chi connectivity index (χ2n) is 8.91. The number of imidazole rings is 1. The first-order valence-corrected chi connectivity index (χ1v) is 11.9. The van der Waals surface area contributed by atoms with Gasteiger partial charge in [0.2, 0.25) is 0 Å². The second-order valence-corrected chi connectivity index (χ2v) is 8.91. The van der Waals surface area contributed by atoms with Gasteiger partial charge in [0.05, 0.1) is 37.1 Å². The lowest BCUT2D eigenvalue weighted by Gasteiger charge is -2.18. The monoisotopic (exact) mass is 483 g/mol. The minimum atomic E-state index is -0.628. The average Bonchev–Trinajstić information content (AvgIpc) is 3.17. The van der Waals surface area contributed by atoms with Crippen molar-refractivity contribution in [3.8, 4) is 0 Å². The van der Waals surface area contributed by atoms with Crippen LogP contribution in [0.15, 0.2) is 66.1 Å². The number of hydrogen-bond acceptors (Lipinski definition) is 5. The molecule has 0 N–H and O–H groups in total. The first-order valence-electron chi connectivity index (χ1n) is 11.9. The molecule has 6 nitrogen and oxygen atoms in total. The summed E-state index contributed by atoms with van der Waals surface area (Å²) in [6.45, 7) is 6.03. The molecular weight excluding hydrogens is 452 g/mol. The molecule has 0 bridgehead atoms. The second kappa shape index (κ2) is 11.4. The van der Waals surface area contributed by atoms with Crippen molar-refractivity contribution in [2.24, 2.45) is 11.1 Å². The van der Waals surface area contributed by atoms with Crippen LogP contribution in [0.25, 0.3) is 5.70 Å². The molecule has 2 atom stereocenters. The van der Waals surface area contributed by atoms with Crippen LogP contribution in [0.4, 0.5) is 8.78 Å². The molecule has 8 heteroatoms. The Kier molecular flexibility index (Phi) is 8.13. The highest BCUT2D eigenvalue weighted by Gasteiger charge is 2.23. The van der Waals surface area contributed by atoms with E-state index in [9.17, 15) is 8.78 Å². The van der Waals surface area contributed by atoms with Crippen LogP contribution in [-0.4, -0.2) is 28.5 Å². The fourth-order valence-electron chi connectivity index (χ4n) is 4.44. The lowest BCUT2D eigenvalue weighted by Crippen LogP contribution is -2.16. The lowest BCUT2D eigenvalue weighted by atomic mass is 9.93. The van der Waals surface area contributed by atoms with Gasteiger partial charge in [-0.25, -0.2) is 13.8 Å². The van der Waals surface area contributed by atoms with E-state index in [1.807, 2.05) is 23.8 Å². The third kappa shape index (κ3) is 6.45. The summed E-state index contributed by atoms with van der Waals surface area (Å²) in [4.78, 5) is 10.1. The quantitative estimate of drug-likeness (QED) is 0.484. The number of methoxy groups -OCH3 is 1. The molecule has 4 rings (SSSR count). The van der Waals surface area contributed by atoms with E-state index in [0.717, 1.165) is 61.0 Å². The molecule has 1 aromatic heterocycles. The number of allylic oxidation sites excluding steroid dienone is 3. The third-order valence-electron chi connectivity index (χ3n) is 6.29. The van der Waals surface area contributed by atoms with Gasteiger partial charge < -0.3 is 18.9 Å². The normalized spacial score (nSPS) is 23.0. The fourth-order valence-corrected chi connectivity index (χ4v) is 4.44. The van der Waals surface area contributed by atoms with Crippen LogP contribution in [0.5, 0.6) is 0 Å². The Labute approximate surface area is 204 Å². The molecule has 0 spiro atoms. The molecule has 1 aromatic carbocycles. The van der Waals surface area contributed by atoms with Crippen molar-refractivity contribution in [3.63, 3.8) is 0 Å². The number of ether oxygens (including phenoxy) is 2. The summed E-state index contributed by atoms with van der Waals surface area (Å²) >= 11 is 0. The highest BCUT2D eigenvalue weighted by Crippen LogP contribution is 2.30. The van der Waals surface area contributed by atoms with Gasteiger partial charge in [0, 0.05) is 18.2 Å². The van der Waals surface area contributed by atoms with Crippen molar-refractivity contribution < 1.29 is 23.1 Å². The van der Waals surface area contributed by atoms with E-state index in [1.165, 1.54) is 12.1 Å². The molecule has 35 heavy (non-hydrogen) atoms. The summed E-state index contributed by atoms with van der Waals surface area (Å²) in [5.74, 6) is 0.0423. The van der Waals surface area contributed by atoms with Crippen LogP contribution >= 0.6 is 0 Å². The van der Waals surface area contributed by atoms with Crippen molar-refractivity contribution in [2.75, 3.05) is 7.11 Å². The number of rotatable bonds is 6. The number of aryl methyl sites for hydroxylation is 1. The molecule has 0 radical (unpaired) electrons. The predicted octanol–water partition coefficient (Wildman–Crippen LogP) is 6.30.